The second-order valence-electron chi connectivity index (χ2n) is 5.44. The Bertz CT molecular complexity index is 700. The lowest BCUT2D eigenvalue weighted by Gasteiger charge is -2.18. The largest absolute Gasteiger partial charge is 0.467 e. The van der Waals surface area contributed by atoms with E-state index in [1.165, 1.54) is 6.26 Å². The van der Waals surface area contributed by atoms with Crippen molar-refractivity contribution in [2.24, 2.45) is 5.92 Å². The Morgan fingerprint density at radius 3 is 2.71 bits per heavy atom. The first-order chi connectivity index (χ1) is 11.4. The summed E-state index contributed by atoms with van der Waals surface area (Å²) in [5.74, 6) is -0.438. The minimum absolute atomic E-state index is 0.0333. The molecule has 0 aliphatic rings. The number of aromatic nitrogens is 1. The van der Waals surface area contributed by atoms with Gasteiger partial charge in [-0.2, -0.15) is 4.37 Å². The van der Waals surface area contributed by atoms with Crippen LogP contribution in [-0.4, -0.2) is 22.4 Å². The summed E-state index contributed by atoms with van der Waals surface area (Å²) in [6.45, 7) is 4.06. The van der Waals surface area contributed by atoms with Crippen molar-refractivity contribution in [1.29, 1.82) is 0 Å². The van der Waals surface area contributed by atoms with Crippen molar-refractivity contribution in [2.75, 3.05) is 0 Å². The number of carbonyl (C=O) groups excluding carboxylic acids is 2. The van der Waals surface area contributed by atoms with Crippen molar-refractivity contribution in [1.82, 2.24) is 9.69 Å². The van der Waals surface area contributed by atoms with Crippen molar-refractivity contribution in [3.05, 3.63) is 39.2 Å². The summed E-state index contributed by atoms with van der Waals surface area (Å²) in [6.07, 6.45) is 0.927. The fraction of sp³-hybridized carbons (Fsp3) is 0.400. The number of nitrogens with zero attached hydrogens (tertiary/aromatic N) is 1. The standard InChI is InChI=1S/C15H16Cl2N2O4S/c1-8(2)6-10(14(20)18-7-9-4-3-5-22-9)23-15(21)12-11(16)13(17)24-19-12/h3-5,8,10H,6-7H2,1-2H3,(H,18,20)/t10-/m0/s1. The van der Waals surface area contributed by atoms with Crippen molar-refractivity contribution in [2.45, 2.75) is 32.9 Å². The molecule has 130 valence electrons. The Morgan fingerprint density at radius 1 is 1.42 bits per heavy atom. The van der Waals surface area contributed by atoms with Gasteiger partial charge in [0, 0.05) is 0 Å². The molecular formula is C15H16Cl2N2O4S. The minimum Gasteiger partial charge on any atom is -0.467 e. The van der Waals surface area contributed by atoms with E-state index in [1.54, 1.807) is 12.1 Å². The monoisotopic (exact) mass is 390 g/mol. The topological polar surface area (TPSA) is 81.4 Å². The van der Waals surface area contributed by atoms with Gasteiger partial charge in [-0.1, -0.05) is 37.0 Å². The lowest BCUT2D eigenvalue weighted by atomic mass is 10.1. The number of ether oxygens (including phenoxy) is 1. The smallest absolute Gasteiger partial charge is 0.360 e. The van der Waals surface area contributed by atoms with Crippen LogP contribution < -0.4 is 5.32 Å². The zero-order valence-corrected chi connectivity index (χ0v) is 15.4. The van der Waals surface area contributed by atoms with E-state index in [0.717, 1.165) is 11.5 Å². The molecule has 0 fully saturated rings. The molecule has 24 heavy (non-hydrogen) atoms. The van der Waals surface area contributed by atoms with Crippen LogP contribution in [0.2, 0.25) is 9.36 Å². The highest BCUT2D eigenvalue weighted by Gasteiger charge is 2.27. The molecule has 2 rings (SSSR count). The molecule has 2 heterocycles. The van der Waals surface area contributed by atoms with Gasteiger partial charge in [-0.15, -0.1) is 0 Å². The van der Waals surface area contributed by atoms with Crippen LogP contribution >= 0.6 is 34.7 Å². The molecule has 0 spiro atoms. The molecule has 0 saturated heterocycles. The molecule has 0 bridgehead atoms. The molecule has 0 aliphatic carbocycles. The van der Waals surface area contributed by atoms with E-state index < -0.39 is 18.0 Å². The number of esters is 1. The highest BCUT2D eigenvalue weighted by Crippen LogP contribution is 2.30. The number of nitrogens with one attached hydrogen (secondary N) is 1. The fourth-order valence-electron chi connectivity index (χ4n) is 1.91. The molecule has 1 amide bonds. The predicted molar refractivity (Wildman–Crippen MR) is 91.3 cm³/mol. The maximum atomic E-state index is 12.3. The number of carbonyl (C=O) groups is 2. The summed E-state index contributed by atoms with van der Waals surface area (Å²) in [5, 5.41) is 2.71. The van der Waals surface area contributed by atoms with Crippen molar-refractivity contribution < 1.29 is 18.7 Å². The lowest BCUT2D eigenvalue weighted by Crippen LogP contribution is -2.38. The van der Waals surface area contributed by atoms with Gasteiger partial charge in [0.25, 0.3) is 5.91 Å². The van der Waals surface area contributed by atoms with Crippen LogP contribution in [0.3, 0.4) is 0 Å². The van der Waals surface area contributed by atoms with E-state index in [-0.39, 0.29) is 27.5 Å². The predicted octanol–water partition coefficient (Wildman–Crippen LogP) is 3.93. The fourth-order valence-corrected chi connectivity index (χ4v) is 2.89. The maximum Gasteiger partial charge on any atom is 0.360 e. The van der Waals surface area contributed by atoms with Gasteiger partial charge in [0.2, 0.25) is 0 Å². The average molecular weight is 391 g/mol. The first kappa shape index (κ1) is 18.8. The van der Waals surface area contributed by atoms with Gasteiger partial charge in [0.1, 0.15) is 15.1 Å². The molecule has 0 radical (unpaired) electrons. The Balaban J connectivity index is 2.02. The summed E-state index contributed by atoms with van der Waals surface area (Å²) < 4.78 is 14.5. The van der Waals surface area contributed by atoms with Crippen molar-refractivity contribution in [3.8, 4) is 0 Å². The SMILES string of the molecule is CC(C)C[C@H](OC(=O)c1nsc(Cl)c1Cl)C(=O)NCc1ccco1. The number of hydrogen-bond donors (Lipinski definition) is 1. The van der Waals surface area contributed by atoms with Gasteiger partial charge in [-0.05, 0) is 36.0 Å². The molecule has 6 nitrogen and oxygen atoms in total. The van der Waals surface area contributed by atoms with Crippen LogP contribution in [0.4, 0.5) is 0 Å². The normalized spacial score (nSPS) is 12.2. The van der Waals surface area contributed by atoms with Crippen LogP contribution in [0.25, 0.3) is 0 Å². The van der Waals surface area contributed by atoms with Gasteiger partial charge >= 0.3 is 5.97 Å². The highest BCUT2D eigenvalue weighted by molar-refractivity contribution is 7.11. The van der Waals surface area contributed by atoms with Crippen LogP contribution in [0.15, 0.2) is 22.8 Å². The number of furan rings is 1. The van der Waals surface area contributed by atoms with E-state index in [0.29, 0.717) is 12.2 Å². The molecular weight excluding hydrogens is 375 g/mol. The highest BCUT2D eigenvalue weighted by atomic mass is 35.5. The van der Waals surface area contributed by atoms with E-state index >= 15 is 0 Å². The second-order valence-corrected chi connectivity index (χ2v) is 7.19. The summed E-state index contributed by atoms with van der Waals surface area (Å²) in [4.78, 5) is 24.5. The van der Waals surface area contributed by atoms with Crippen LogP contribution in [0, 0.1) is 5.92 Å². The van der Waals surface area contributed by atoms with E-state index in [9.17, 15) is 9.59 Å². The van der Waals surface area contributed by atoms with Gasteiger partial charge in [-0.25, -0.2) is 4.79 Å². The van der Waals surface area contributed by atoms with Crippen LogP contribution in [0.1, 0.15) is 36.5 Å². The Morgan fingerprint density at radius 2 is 2.17 bits per heavy atom. The molecule has 9 heteroatoms. The van der Waals surface area contributed by atoms with Crippen LogP contribution in [-0.2, 0) is 16.1 Å². The van der Waals surface area contributed by atoms with Gasteiger partial charge in [0.05, 0.1) is 12.8 Å². The third-order valence-electron chi connectivity index (χ3n) is 3.04. The first-order valence-electron chi connectivity index (χ1n) is 7.20. The molecule has 2 aromatic heterocycles. The summed E-state index contributed by atoms with van der Waals surface area (Å²) >= 11 is 12.6. The summed E-state index contributed by atoms with van der Waals surface area (Å²) in [7, 11) is 0. The number of halogens is 2. The summed E-state index contributed by atoms with van der Waals surface area (Å²) in [6, 6.07) is 3.46. The molecule has 0 aliphatic heterocycles. The molecule has 0 aromatic carbocycles. The first-order valence-corrected chi connectivity index (χ1v) is 8.73. The van der Waals surface area contributed by atoms with Gasteiger partial charge < -0.3 is 14.5 Å². The van der Waals surface area contributed by atoms with E-state index in [2.05, 4.69) is 9.69 Å². The van der Waals surface area contributed by atoms with Gasteiger partial charge in [0.15, 0.2) is 11.8 Å². The molecule has 2 aromatic rings. The van der Waals surface area contributed by atoms with Crippen molar-refractivity contribution >= 4 is 46.6 Å². The zero-order valence-electron chi connectivity index (χ0n) is 13.0. The molecule has 1 atom stereocenters. The summed E-state index contributed by atoms with van der Waals surface area (Å²) in [5.41, 5.74) is -0.0840. The third kappa shape index (κ3) is 4.96. The number of rotatable bonds is 7. The number of hydrogen-bond acceptors (Lipinski definition) is 6. The Hall–Kier alpha value is -1.57. The Kier molecular flexibility index (Phi) is 6.65. The molecule has 0 saturated carbocycles. The van der Waals surface area contributed by atoms with Gasteiger partial charge in [-0.3, -0.25) is 4.79 Å². The Labute approximate surface area is 153 Å². The molecule has 1 N–H and O–H groups in total. The second kappa shape index (κ2) is 8.50. The maximum absolute atomic E-state index is 12.3. The average Bonchev–Trinajstić information content (AvgIpc) is 3.15. The van der Waals surface area contributed by atoms with E-state index in [1.807, 2.05) is 13.8 Å². The number of amides is 1. The quantitative estimate of drug-likeness (QED) is 0.724. The minimum atomic E-state index is -0.955. The zero-order chi connectivity index (χ0) is 17.7. The lowest BCUT2D eigenvalue weighted by molar-refractivity contribution is -0.131. The van der Waals surface area contributed by atoms with Crippen molar-refractivity contribution in [3.63, 3.8) is 0 Å². The van der Waals surface area contributed by atoms with Crippen LogP contribution in [0.5, 0.6) is 0 Å². The third-order valence-corrected chi connectivity index (χ3v) is 4.65. The molecule has 0 unspecified atom stereocenters. The van der Waals surface area contributed by atoms with E-state index in [4.69, 9.17) is 32.4 Å².